The van der Waals surface area contributed by atoms with Crippen molar-refractivity contribution in [1.82, 2.24) is 10.3 Å². The van der Waals surface area contributed by atoms with E-state index in [1.165, 1.54) is 0 Å². The number of hydrogen-bond donors (Lipinski definition) is 1. The van der Waals surface area contributed by atoms with Gasteiger partial charge >= 0.3 is 0 Å². The summed E-state index contributed by atoms with van der Waals surface area (Å²) in [4.78, 5) is 17.2. The van der Waals surface area contributed by atoms with E-state index >= 15 is 0 Å². The van der Waals surface area contributed by atoms with Gasteiger partial charge in [0.05, 0.1) is 18.3 Å². The third-order valence-electron chi connectivity index (χ3n) is 4.03. The molecular formula is C20H26N2O2. The fourth-order valence-electron chi connectivity index (χ4n) is 2.71. The molecule has 0 spiro atoms. The van der Waals surface area contributed by atoms with E-state index in [2.05, 4.69) is 24.1 Å². The molecule has 0 radical (unpaired) electrons. The Morgan fingerprint density at radius 3 is 2.54 bits per heavy atom. The molecule has 1 aromatic heterocycles. The fourth-order valence-corrected chi connectivity index (χ4v) is 2.71. The predicted molar refractivity (Wildman–Crippen MR) is 96.4 cm³/mol. The molecule has 1 aromatic carbocycles. The van der Waals surface area contributed by atoms with E-state index in [0.717, 1.165) is 22.6 Å². The molecule has 128 valence electrons. The van der Waals surface area contributed by atoms with Gasteiger partial charge in [0.15, 0.2) is 0 Å². The standard InChI is InChI=1S/C20H26N2O2/c1-6-24-17-10-9-16(12-15(17)5)20(23)22-18(13(2)3)19-14(4)8-7-11-21-19/h7-13,18H,6H2,1-5H3,(H,22,23). The number of hydrogen-bond acceptors (Lipinski definition) is 3. The lowest BCUT2D eigenvalue weighted by atomic mass is 9.96. The van der Waals surface area contributed by atoms with Gasteiger partial charge in [0.1, 0.15) is 5.75 Å². The van der Waals surface area contributed by atoms with Crippen molar-refractivity contribution in [2.75, 3.05) is 6.61 Å². The van der Waals surface area contributed by atoms with Crippen LogP contribution in [0, 0.1) is 19.8 Å². The Hall–Kier alpha value is -2.36. The first-order valence-corrected chi connectivity index (χ1v) is 8.39. The van der Waals surface area contributed by atoms with Gasteiger partial charge in [-0.3, -0.25) is 9.78 Å². The van der Waals surface area contributed by atoms with E-state index in [0.29, 0.717) is 12.2 Å². The predicted octanol–water partition coefficient (Wildman–Crippen LogP) is 4.22. The number of aromatic nitrogens is 1. The minimum absolute atomic E-state index is 0.0927. The number of nitrogens with zero attached hydrogens (tertiary/aromatic N) is 1. The monoisotopic (exact) mass is 326 g/mol. The van der Waals surface area contributed by atoms with Crippen LogP contribution in [0.4, 0.5) is 0 Å². The zero-order chi connectivity index (χ0) is 17.7. The third-order valence-corrected chi connectivity index (χ3v) is 4.03. The molecule has 2 aromatic rings. The third kappa shape index (κ3) is 4.13. The zero-order valence-electron chi connectivity index (χ0n) is 15.1. The fraction of sp³-hybridized carbons (Fsp3) is 0.400. The van der Waals surface area contributed by atoms with Crippen LogP contribution >= 0.6 is 0 Å². The van der Waals surface area contributed by atoms with Crippen molar-refractivity contribution in [1.29, 1.82) is 0 Å². The number of benzene rings is 1. The van der Waals surface area contributed by atoms with Gasteiger partial charge in [-0.1, -0.05) is 19.9 Å². The van der Waals surface area contributed by atoms with Gasteiger partial charge in [0.2, 0.25) is 0 Å². The maximum absolute atomic E-state index is 12.7. The Morgan fingerprint density at radius 1 is 1.21 bits per heavy atom. The average molecular weight is 326 g/mol. The average Bonchev–Trinajstić information content (AvgIpc) is 2.55. The van der Waals surface area contributed by atoms with E-state index in [1.807, 2.05) is 45.0 Å². The Kier molecular flexibility index (Phi) is 5.96. The molecule has 0 saturated carbocycles. The van der Waals surface area contributed by atoms with Crippen LogP contribution < -0.4 is 10.1 Å². The summed E-state index contributed by atoms with van der Waals surface area (Å²) in [5, 5.41) is 3.13. The van der Waals surface area contributed by atoms with Gasteiger partial charge in [-0.25, -0.2) is 0 Å². The van der Waals surface area contributed by atoms with Crippen LogP contribution in [0.2, 0.25) is 0 Å². The molecule has 0 aliphatic heterocycles. The van der Waals surface area contributed by atoms with Gasteiger partial charge < -0.3 is 10.1 Å². The minimum atomic E-state index is -0.120. The van der Waals surface area contributed by atoms with Crippen LogP contribution in [0.15, 0.2) is 36.5 Å². The first-order chi connectivity index (χ1) is 11.4. The van der Waals surface area contributed by atoms with Crippen molar-refractivity contribution in [2.24, 2.45) is 5.92 Å². The molecule has 1 heterocycles. The van der Waals surface area contributed by atoms with Crippen LogP contribution in [-0.4, -0.2) is 17.5 Å². The van der Waals surface area contributed by atoms with Crippen molar-refractivity contribution in [3.63, 3.8) is 0 Å². The van der Waals surface area contributed by atoms with Crippen molar-refractivity contribution in [3.8, 4) is 5.75 Å². The molecule has 1 unspecified atom stereocenters. The molecular weight excluding hydrogens is 300 g/mol. The van der Waals surface area contributed by atoms with E-state index in [-0.39, 0.29) is 17.9 Å². The highest BCUT2D eigenvalue weighted by molar-refractivity contribution is 5.94. The molecule has 0 aliphatic rings. The summed E-state index contributed by atoms with van der Waals surface area (Å²) >= 11 is 0. The number of carbonyl (C=O) groups excluding carboxylic acids is 1. The number of amides is 1. The SMILES string of the molecule is CCOc1ccc(C(=O)NC(c2ncccc2C)C(C)C)cc1C. The molecule has 4 nitrogen and oxygen atoms in total. The Bertz CT molecular complexity index is 711. The maximum atomic E-state index is 12.7. The number of carbonyl (C=O) groups is 1. The number of aryl methyl sites for hydroxylation is 2. The summed E-state index contributed by atoms with van der Waals surface area (Å²) in [6, 6.07) is 9.33. The smallest absolute Gasteiger partial charge is 0.251 e. The molecule has 4 heteroatoms. The molecule has 0 fully saturated rings. The quantitative estimate of drug-likeness (QED) is 0.864. The van der Waals surface area contributed by atoms with Crippen LogP contribution in [0.1, 0.15) is 54.0 Å². The van der Waals surface area contributed by atoms with E-state index in [4.69, 9.17) is 4.74 Å². The summed E-state index contributed by atoms with van der Waals surface area (Å²) in [7, 11) is 0. The molecule has 24 heavy (non-hydrogen) atoms. The lowest BCUT2D eigenvalue weighted by Gasteiger charge is -2.23. The number of ether oxygens (including phenoxy) is 1. The molecule has 0 aliphatic carbocycles. The Balaban J connectivity index is 2.23. The topological polar surface area (TPSA) is 51.2 Å². The molecule has 0 bridgehead atoms. The number of nitrogens with one attached hydrogen (secondary N) is 1. The first kappa shape index (κ1) is 18.0. The number of pyridine rings is 1. The highest BCUT2D eigenvalue weighted by Gasteiger charge is 2.22. The minimum Gasteiger partial charge on any atom is -0.494 e. The molecule has 1 N–H and O–H groups in total. The maximum Gasteiger partial charge on any atom is 0.251 e. The zero-order valence-corrected chi connectivity index (χ0v) is 15.1. The summed E-state index contributed by atoms with van der Waals surface area (Å²) in [6.45, 7) is 10.7. The van der Waals surface area contributed by atoms with E-state index in [1.54, 1.807) is 12.3 Å². The molecule has 2 rings (SSSR count). The van der Waals surface area contributed by atoms with Gasteiger partial charge in [-0.05, 0) is 62.1 Å². The molecule has 0 saturated heterocycles. The normalized spacial score (nSPS) is 12.1. The number of rotatable bonds is 6. The Labute approximate surface area is 144 Å². The lowest BCUT2D eigenvalue weighted by molar-refractivity contribution is 0.0924. The van der Waals surface area contributed by atoms with Crippen molar-refractivity contribution < 1.29 is 9.53 Å². The van der Waals surface area contributed by atoms with Crippen LogP contribution in [0.3, 0.4) is 0 Å². The largest absolute Gasteiger partial charge is 0.494 e. The lowest BCUT2D eigenvalue weighted by Crippen LogP contribution is -2.32. The molecule has 1 amide bonds. The van der Waals surface area contributed by atoms with Crippen molar-refractivity contribution in [3.05, 3.63) is 58.9 Å². The summed E-state index contributed by atoms with van der Waals surface area (Å²) < 4.78 is 5.53. The second kappa shape index (κ2) is 7.95. The molecule has 1 atom stereocenters. The van der Waals surface area contributed by atoms with Crippen LogP contribution in [0.5, 0.6) is 5.75 Å². The van der Waals surface area contributed by atoms with Crippen molar-refractivity contribution in [2.45, 2.75) is 40.7 Å². The first-order valence-electron chi connectivity index (χ1n) is 8.39. The second-order valence-corrected chi connectivity index (χ2v) is 6.31. The van der Waals surface area contributed by atoms with Gasteiger partial charge in [-0.15, -0.1) is 0 Å². The van der Waals surface area contributed by atoms with Crippen LogP contribution in [0.25, 0.3) is 0 Å². The van der Waals surface area contributed by atoms with E-state index < -0.39 is 0 Å². The van der Waals surface area contributed by atoms with Crippen LogP contribution in [-0.2, 0) is 0 Å². The second-order valence-electron chi connectivity index (χ2n) is 6.31. The van der Waals surface area contributed by atoms with Gasteiger partial charge in [0.25, 0.3) is 5.91 Å². The summed E-state index contributed by atoms with van der Waals surface area (Å²) in [5.74, 6) is 0.964. The van der Waals surface area contributed by atoms with Crippen molar-refractivity contribution >= 4 is 5.91 Å². The highest BCUT2D eigenvalue weighted by Crippen LogP contribution is 2.24. The van der Waals surface area contributed by atoms with Gasteiger partial charge in [-0.2, -0.15) is 0 Å². The Morgan fingerprint density at radius 2 is 1.96 bits per heavy atom. The summed E-state index contributed by atoms with van der Waals surface area (Å²) in [5.41, 5.74) is 3.60. The highest BCUT2D eigenvalue weighted by atomic mass is 16.5. The summed E-state index contributed by atoms with van der Waals surface area (Å²) in [6.07, 6.45) is 1.77. The van der Waals surface area contributed by atoms with E-state index in [9.17, 15) is 4.79 Å². The van der Waals surface area contributed by atoms with Gasteiger partial charge in [0, 0.05) is 11.8 Å².